The number of hydrogen-bond donors (Lipinski definition) is 1. The van der Waals surface area contributed by atoms with Gasteiger partial charge in [0.1, 0.15) is 18.2 Å². The molecule has 1 unspecified atom stereocenters. The number of rotatable bonds is 10. The summed E-state index contributed by atoms with van der Waals surface area (Å²) < 4.78 is 13.0. The molecule has 0 saturated heterocycles. The van der Waals surface area contributed by atoms with E-state index in [4.69, 9.17) is 14.5 Å². The number of benzene rings is 2. The minimum Gasteiger partial charge on any atom is -0.493 e. The smallest absolute Gasteiger partial charge is 0.246 e. The first-order chi connectivity index (χ1) is 14.1. The van der Waals surface area contributed by atoms with Crippen molar-refractivity contribution in [3.05, 3.63) is 59.9 Å². The Balaban J connectivity index is 1.64. The van der Waals surface area contributed by atoms with Crippen LogP contribution in [0.15, 0.2) is 48.5 Å². The summed E-state index contributed by atoms with van der Waals surface area (Å²) in [7, 11) is 1.51. The Bertz CT molecular complexity index is 951. The standard InChI is InChI=1S/C23H29N3O3/c1-17-10-4-7-13-21(17)29-15-9-8-14-26-20-12-6-5-11-19(20)25-23(26)18(2)24-22(27)16-28-3/h4-7,10-13,18H,8-9,14-16H2,1-3H3,(H,24,27). The maximum atomic E-state index is 11.9. The molecule has 0 spiro atoms. The summed E-state index contributed by atoms with van der Waals surface area (Å²) in [5.41, 5.74) is 3.16. The number of nitrogens with one attached hydrogen (secondary N) is 1. The zero-order chi connectivity index (χ0) is 20.6. The minimum absolute atomic E-state index is 0.0425. The topological polar surface area (TPSA) is 65.4 Å². The lowest BCUT2D eigenvalue weighted by Crippen LogP contribution is -2.31. The number of amides is 1. The average Bonchev–Trinajstić information content (AvgIpc) is 3.08. The molecule has 3 aromatic rings. The van der Waals surface area contributed by atoms with Crippen LogP contribution in [0.2, 0.25) is 0 Å². The second-order valence-corrected chi connectivity index (χ2v) is 7.15. The van der Waals surface area contributed by atoms with E-state index in [0.717, 1.165) is 47.6 Å². The highest BCUT2D eigenvalue weighted by Crippen LogP contribution is 2.22. The van der Waals surface area contributed by atoms with Crippen LogP contribution in [0.5, 0.6) is 5.75 Å². The first-order valence-corrected chi connectivity index (χ1v) is 10.0. The van der Waals surface area contributed by atoms with Crippen LogP contribution in [-0.2, 0) is 16.1 Å². The molecular formula is C23H29N3O3. The molecule has 0 bridgehead atoms. The van der Waals surface area contributed by atoms with Gasteiger partial charge in [0.15, 0.2) is 0 Å². The van der Waals surface area contributed by atoms with Crippen LogP contribution in [-0.4, -0.2) is 35.8 Å². The largest absolute Gasteiger partial charge is 0.493 e. The summed E-state index contributed by atoms with van der Waals surface area (Å²) in [4.78, 5) is 16.7. The third-order valence-electron chi connectivity index (χ3n) is 4.85. The van der Waals surface area contributed by atoms with E-state index < -0.39 is 0 Å². The number of carbonyl (C=O) groups is 1. The van der Waals surface area contributed by atoms with Crippen molar-refractivity contribution < 1.29 is 14.3 Å². The van der Waals surface area contributed by atoms with E-state index in [-0.39, 0.29) is 18.6 Å². The van der Waals surface area contributed by atoms with E-state index in [1.165, 1.54) is 7.11 Å². The fraction of sp³-hybridized carbons (Fsp3) is 0.391. The molecule has 0 aliphatic rings. The summed E-state index contributed by atoms with van der Waals surface area (Å²) in [6, 6.07) is 15.9. The van der Waals surface area contributed by atoms with Crippen molar-refractivity contribution in [3.63, 3.8) is 0 Å². The Labute approximate surface area is 171 Å². The Morgan fingerprint density at radius 1 is 1.14 bits per heavy atom. The van der Waals surface area contributed by atoms with Gasteiger partial charge in [-0.05, 0) is 50.5 Å². The Kier molecular flexibility index (Phi) is 7.25. The van der Waals surface area contributed by atoms with Crippen molar-refractivity contribution in [1.29, 1.82) is 0 Å². The fourth-order valence-corrected chi connectivity index (χ4v) is 3.41. The van der Waals surface area contributed by atoms with Crippen LogP contribution in [0.3, 0.4) is 0 Å². The van der Waals surface area contributed by atoms with Gasteiger partial charge < -0.3 is 19.4 Å². The van der Waals surface area contributed by atoms with Gasteiger partial charge in [0.05, 0.1) is 23.7 Å². The lowest BCUT2D eigenvalue weighted by molar-refractivity contribution is -0.125. The van der Waals surface area contributed by atoms with E-state index in [1.807, 2.05) is 43.3 Å². The molecule has 1 atom stereocenters. The Morgan fingerprint density at radius 2 is 1.90 bits per heavy atom. The number of unbranched alkanes of at least 4 members (excludes halogenated alkanes) is 1. The van der Waals surface area contributed by atoms with Crippen LogP contribution in [0.25, 0.3) is 11.0 Å². The molecule has 1 aromatic heterocycles. The number of hydrogen-bond acceptors (Lipinski definition) is 4. The molecule has 0 radical (unpaired) electrons. The van der Waals surface area contributed by atoms with Crippen LogP contribution < -0.4 is 10.1 Å². The summed E-state index contributed by atoms with van der Waals surface area (Å²) >= 11 is 0. The quantitative estimate of drug-likeness (QED) is 0.527. The summed E-state index contributed by atoms with van der Waals surface area (Å²) in [5, 5.41) is 2.96. The SMILES string of the molecule is COCC(=O)NC(C)c1nc2ccccc2n1CCCCOc1ccccc1C. The minimum atomic E-state index is -0.201. The molecule has 0 saturated carbocycles. The average molecular weight is 396 g/mol. The molecule has 6 heteroatoms. The maximum absolute atomic E-state index is 11.9. The van der Waals surface area contributed by atoms with Gasteiger partial charge in [0.2, 0.25) is 5.91 Å². The molecular weight excluding hydrogens is 366 g/mol. The van der Waals surface area contributed by atoms with Crippen molar-refractivity contribution in [2.45, 2.75) is 39.3 Å². The van der Waals surface area contributed by atoms with E-state index in [9.17, 15) is 4.79 Å². The van der Waals surface area contributed by atoms with Crippen molar-refractivity contribution in [2.75, 3.05) is 20.3 Å². The normalized spacial score (nSPS) is 12.1. The number of carbonyl (C=O) groups excluding carboxylic acids is 1. The van der Waals surface area contributed by atoms with Crippen LogP contribution in [0.1, 0.15) is 37.2 Å². The molecule has 0 aliphatic carbocycles. The van der Waals surface area contributed by atoms with Crippen molar-refractivity contribution in [2.24, 2.45) is 0 Å². The van der Waals surface area contributed by atoms with E-state index >= 15 is 0 Å². The molecule has 1 heterocycles. The molecule has 0 fully saturated rings. The second kappa shape index (κ2) is 10.1. The number of imidazole rings is 1. The van der Waals surface area contributed by atoms with Gasteiger partial charge >= 0.3 is 0 Å². The fourth-order valence-electron chi connectivity index (χ4n) is 3.41. The number of aryl methyl sites for hydroxylation is 2. The molecule has 1 N–H and O–H groups in total. The third kappa shape index (κ3) is 5.35. The van der Waals surface area contributed by atoms with E-state index in [2.05, 4.69) is 28.9 Å². The van der Waals surface area contributed by atoms with Gasteiger partial charge in [-0.1, -0.05) is 30.3 Å². The predicted molar refractivity (Wildman–Crippen MR) is 114 cm³/mol. The van der Waals surface area contributed by atoms with Gasteiger partial charge in [0, 0.05) is 13.7 Å². The summed E-state index contributed by atoms with van der Waals surface area (Å²) in [5.74, 6) is 1.65. The highest BCUT2D eigenvalue weighted by Gasteiger charge is 2.18. The second-order valence-electron chi connectivity index (χ2n) is 7.15. The predicted octanol–water partition coefficient (Wildman–Crippen LogP) is 4.03. The number of nitrogens with zero attached hydrogens (tertiary/aromatic N) is 2. The van der Waals surface area contributed by atoms with Gasteiger partial charge in [-0.15, -0.1) is 0 Å². The van der Waals surface area contributed by atoms with Crippen molar-refractivity contribution in [3.8, 4) is 5.75 Å². The lowest BCUT2D eigenvalue weighted by atomic mass is 10.2. The van der Waals surface area contributed by atoms with E-state index in [1.54, 1.807) is 0 Å². The number of aromatic nitrogens is 2. The summed E-state index contributed by atoms with van der Waals surface area (Å²) in [6.07, 6.45) is 1.89. The molecule has 29 heavy (non-hydrogen) atoms. The van der Waals surface area contributed by atoms with Crippen molar-refractivity contribution >= 4 is 16.9 Å². The summed E-state index contributed by atoms with van der Waals surface area (Å²) in [6.45, 7) is 5.54. The van der Waals surface area contributed by atoms with Crippen LogP contribution >= 0.6 is 0 Å². The molecule has 3 rings (SSSR count). The Morgan fingerprint density at radius 3 is 2.69 bits per heavy atom. The highest BCUT2D eigenvalue weighted by molar-refractivity contribution is 5.78. The molecule has 0 aliphatic heterocycles. The lowest BCUT2D eigenvalue weighted by Gasteiger charge is -2.16. The van der Waals surface area contributed by atoms with Gasteiger partial charge in [-0.25, -0.2) is 4.98 Å². The van der Waals surface area contributed by atoms with Crippen LogP contribution in [0.4, 0.5) is 0 Å². The highest BCUT2D eigenvalue weighted by atomic mass is 16.5. The monoisotopic (exact) mass is 395 g/mol. The first-order valence-electron chi connectivity index (χ1n) is 10.0. The zero-order valence-electron chi connectivity index (χ0n) is 17.4. The molecule has 1 amide bonds. The number of ether oxygens (including phenoxy) is 2. The first kappa shape index (κ1) is 20.9. The van der Waals surface area contributed by atoms with Gasteiger partial charge in [-0.2, -0.15) is 0 Å². The number of methoxy groups -OCH3 is 1. The van der Waals surface area contributed by atoms with Gasteiger partial charge in [0.25, 0.3) is 0 Å². The van der Waals surface area contributed by atoms with Crippen molar-refractivity contribution in [1.82, 2.24) is 14.9 Å². The third-order valence-corrected chi connectivity index (χ3v) is 4.85. The molecule has 154 valence electrons. The van der Waals surface area contributed by atoms with Gasteiger partial charge in [-0.3, -0.25) is 4.79 Å². The number of para-hydroxylation sites is 3. The molecule has 2 aromatic carbocycles. The maximum Gasteiger partial charge on any atom is 0.246 e. The number of fused-ring (bicyclic) bond motifs is 1. The van der Waals surface area contributed by atoms with Crippen LogP contribution in [0, 0.1) is 6.92 Å². The zero-order valence-corrected chi connectivity index (χ0v) is 17.4. The Hall–Kier alpha value is -2.86. The van der Waals surface area contributed by atoms with E-state index in [0.29, 0.717) is 6.61 Å². The molecule has 6 nitrogen and oxygen atoms in total.